The Kier molecular flexibility index (Phi) is 2.86. The lowest BCUT2D eigenvalue weighted by Crippen LogP contribution is -2.39. The second kappa shape index (κ2) is 4.00. The van der Waals surface area contributed by atoms with E-state index in [2.05, 4.69) is 25.9 Å². The normalized spacial score (nSPS) is 20.3. The standard InChI is InChI=1S/C9H10BrF2N3/c10-7-5-14-8(6-13-7)15-3-1-9(11,12)2-4-15/h5-6H,1-4H2. The van der Waals surface area contributed by atoms with Crippen LogP contribution in [-0.2, 0) is 0 Å². The Morgan fingerprint density at radius 2 is 1.87 bits per heavy atom. The third-order valence-corrected chi connectivity index (χ3v) is 2.84. The van der Waals surface area contributed by atoms with Crippen LogP contribution < -0.4 is 4.90 Å². The molecule has 15 heavy (non-hydrogen) atoms. The first kappa shape index (κ1) is 10.7. The molecule has 0 bridgehead atoms. The van der Waals surface area contributed by atoms with Gasteiger partial charge in [0.2, 0.25) is 0 Å². The zero-order valence-corrected chi connectivity index (χ0v) is 9.54. The van der Waals surface area contributed by atoms with Gasteiger partial charge >= 0.3 is 0 Å². The molecule has 0 atom stereocenters. The molecule has 2 heterocycles. The molecule has 0 saturated carbocycles. The summed E-state index contributed by atoms with van der Waals surface area (Å²) < 4.78 is 26.4. The second-order valence-electron chi connectivity index (χ2n) is 3.54. The van der Waals surface area contributed by atoms with E-state index in [1.807, 2.05) is 4.90 Å². The minimum atomic E-state index is -2.51. The number of piperidine rings is 1. The lowest BCUT2D eigenvalue weighted by Gasteiger charge is -2.32. The van der Waals surface area contributed by atoms with Gasteiger partial charge in [-0.3, -0.25) is 0 Å². The van der Waals surface area contributed by atoms with E-state index in [0.717, 1.165) is 0 Å². The Morgan fingerprint density at radius 1 is 1.20 bits per heavy atom. The molecule has 6 heteroatoms. The Hall–Kier alpha value is -0.780. The molecule has 2 rings (SSSR count). The summed E-state index contributed by atoms with van der Waals surface area (Å²) in [7, 11) is 0. The molecule has 0 unspecified atom stereocenters. The number of rotatable bonds is 1. The first-order chi connectivity index (χ1) is 7.07. The summed E-state index contributed by atoms with van der Waals surface area (Å²) in [6.45, 7) is 0.673. The zero-order valence-electron chi connectivity index (χ0n) is 7.96. The first-order valence-electron chi connectivity index (χ1n) is 4.67. The van der Waals surface area contributed by atoms with Crippen molar-refractivity contribution in [1.82, 2.24) is 9.97 Å². The fraction of sp³-hybridized carbons (Fsp3) is 0.556. The average Bonchev–Trinajstić information content (AvgIpc) is 2.20. The molecule has 1 saturated heterocycles. The van der Waals surface area contributed by atoms with Gasteiger partial charge in [0.15, 0.2) is 0 Å². The molecule has 1 aromatic rings. The van der Waals surface area contributed by atoms with Gasteiger partial charge in [-0.1, -0.05) is 0 Å². The predicted octanol–water partition coefficient (Wildman–Crippen LogP) is 2.47. The lowest BCUT2D eigenvalue weighted by atomic mass is 10.1. The third kappa shape index (κ3) is 2.62. The topological polar surface area (TPSA) is 29.0 Å². The fourth-order valence-corrected chi connectivity index (χ4v) is 1.74. The molecular weight excluding hydrogens is 268 g/mol. The van der Waals surface area contributed by atoms with E-state index in [9.17, 15) is 8.78 Å². The molecule has 0 radical (unpaired) electrons. The summed E-state index contributed by atoms with van der Waals surface area (Å²) in [6.07, 6.45) is 2.95. The summed E-state index contributed by atoms with van der Waals surface area (Å²) in [4.78, 5) is 9.97. The van der Waals surface area contributed by atoms with Crippen LogP contribution in [0.4, 0.5) is 14.6 Å². The quantitative estimate of drug-likeness (QED) is 0.790. The summed E-state index contributed by atoms with van der Waals surface area (Å²) in [5, 5.41) is 0. The SMILES string of the molecule is FC1(F)CCN(c2cnc(Br)cn2)CC1. The molecule has 0 N–H and O–H groups in total. The maximum atomic E-state index is 12.9. The van der Waals surface area contributed by atoms with E-state index in [-0.39, 0.29) is 12.8 Å². The minimum Gasteiger partial charge on any atom is -0.355 e. The molecule has 1 aromatic heterocycles. The van der Waals surface area contributed by atoms with Gasteiger partial charge in [-0.05, 0) is 15.9 Å². The molecular formula is C9H10BrF2N3. The number of alkyl halides is 2. The van der Waals surface area contributed by atoms with Gasteiger partial charge in [0.1, 0.15) is 10.4 Å². The van der Waals surface area contributed by atoms with E-state index >= 15 is 0 Å². The van der Waals surface area contributed by atoms with Crippen molar-refractivity contribution in [2.45, 2.75) is 18.8 Å². The number of anilines is 1. The smallest absolute Gasteiger partial charge is 0.251 e. The van der Waals surface area contributed by atoms with Crippen molar-refractivity contribution < 1.29 is 8.78 Å². The van der Waals surface area contributed by atoms with E-state index in [0.29, 0.717) is 23.5 Å². The Bertz CT molecular complexity index is 332. The van der Waals surface area contributed by atoms with Crippen molar-refractivity contribution in [3.8, 4) is 0 Å². The van der Waals surface area contributed by atoms with Crippen LogP contribution in [-0.4, -0.2) is 29.0 Å². The second-order valence-corrected chi connectivity index (χ2v) is 4.35. The Labute approximate surface area is 94.6 Å². The number of halogens is 3. The molecule has 1 fully saturated rings. The number of aromatic nitrogens is 2. The number of hydrogen-bond donors (Lipinski definition) is 0. The molecule has 82 valence electrons. The lowest BCUT2D eigenvalue weighted by molar-refractivity contribution is -0.0221. The highest BCUT2D eigenvalue weighted by Crippen LogP contribution is 2.29. The van der Waals surface area contributed by atoms with Gasteiger partial charge in [0, 0.05) is 25.9 Å². The van der Waals surface area contributed by atoms with Crippen LogP contribution in [0.25, 0.3) is 0 Å². The maximum absolute atomic E-state index is 12.9. The third-order valence-electron chi connectivity index (χ3n) is 2.43. The van der Waals surface area contributed by atoms with Gasteiger partial charge < -0.3 is 4.90 Å². The van der Waals surface area contributed by atoms with Crippen molar-refractivity contribution in [1.29, 1.82) is 0 Å². The van der Waals surface area contributed by atoms with E-state index in [1.165, 1.54) is 0 Å². The summed E-state index contributed by atoms with van der Waals surface area (Å²) in [5.41, 5.74) is 0. The molecule has 1 aliphatic heterocycles. The predicted molar refractivity (Wildman–Crippen MR) is 56.1 cm³/mol. The molecule has 0 aliphatic carbocycles. The van der Waals surface area contributed by atoms with E-state index in [1.54, 1.807) is 12.4 Å². The van der Waals surface area contributed by atoms with E-state index < -0.39 is 5.92 Å². The summed E-state index contributed by atoms with van der Waals surface area (Å²) in [6, 6.07) is 0. The molecule has 1 aliphatic rings. The molecule has 0 amide bonds. The molecule has 0 aromatic carbocycles. The maximum Gasteiger partial charge on any atom is 0.251 e. The Morgan fingerprint density at radius 3 is 2.40 bits per heavy atom. The van der Waals surface area contributed by atoms with Gasteiger partial charge in [0.25, 0.3) is 5.92 Å². The highest BCUT2D eigenvalue weighted by atomic mass is 79.9. The van der Waals surface area contributed by atoms with Crippen molar-refractivity contribution in [2.24, 2.45) is 0 Å². The van der Waals surface area contributed by atoms with Gasteiger partial charge in [-0.25, -0.2) is 18.7 Å². The van der Waals surface area contributed by atoms with Gasteiger partial charge in [-0.15, -0.1) is 0 Å². The van der Waals surface area contributed by atoms with Gasteiger partial charge in [0.05, 0.1) is 12.4 Å². The molecule has 3 nitrogen and oxygen atoms in total. The van der Waals surface area contributed by atoms with Crippen LogP contribution in [0.5, 0.6) is 0 Å². The van der Waals surface area contributed by atoms with Crippen LogP contribution in [0.3, 0.4) is 0 Å². The molecule has 0 spiro atoms. The number of nitrogens with zero attached hydrogens (tertiary/aromatic N) is 3. The van der Waals surface area contributed by atoms with Crippen molar-refractivity contribution >= 4 is 21.7 Å². The summed E-state index contributed by atoms with van der Waals surface area (Å²) >= 11 is 3.18. The monoisotopic (exact) mass is 277 g/mol. The zero-order chi connectivity index (χ0) is 10.9. The van der Waals surface area contributed by atoms with Crippen LogP contribution in [0.15, 0.2) is 17.0 Å². The largest absolute Gasteiger partial charge is 0.355 e. The number of hydrogen-bond acceptors (Lipinski definition) is 3. The van der Waals surface area contributed by atoms with Crippen molar-refractivity contribution in [3.05, 3.63) is 17.0 Å². The fourth-order valence-electron chi connectivity index (χ4n) is 1.53. The van der Waals surface area contributed by atoms with Gasteiger partial charge in [-0.2, -0.15) is 0 Å². The van der Waals surface area contributed by atoms with Crippen LogP contribution >= 0.6 is 15.9 Å². The highest BCUT2D eigenvalue weighted by Gasteiger charge is 2.34. The highest BCUT2D eigenvalue weighted by molar-refractivity contribution is 9.10. The van der Waals surface area contributed by atoms with Crippen molar-refractivity contribution in [3.63, 3.8) is 0 Å². The van der Waals surface area contributed by atoms with Crippen molar-refractivity contribution in [2.75, 3.05) is 18.0 Å². The van der Waals surface area contributed by atoms with Crippen LogP contribution in [0, 0.1) is 0 Å². The minimum absolute atomic E-state index is 0.106. The first-order valence-corrected chi connectivity index (χ1v) is 5.46. The van der Waals surface area contributed by atoms with E-state index in [4.69, 9.17) is 0 Å². The summed E-state index contributed by atoms with van der Waals surface area (Å²) in [5.74, 6) is -1.85. The Balaban J connectivity index is 2.04. The average molecular weight is 278 g/mol. The van der Waals surface area contributed by atoms with Crippen LogP contribution in [0.2, 0.25) is 0 Å². The van der Waals surface area contributed by atoms with Crippen LogP contribution in [0.1, 0.15) is 12.8 Å².